The van der Waals surface area contributed by atoms with E-state index in [4.69, 9.17) is 0 Å². The van der Waals surface area contributed by atoms with Crippen LogP contribution in [0.5, 0.6) is 5.75 Å². The summed E-state index contributed by atoms with van der Waals surface area (Å²) in [6.07, 6.45) is 2.10. The minimum Gasteiger partial charge on any atom is -0.508 e. The first-order valence-corrected chi connectivity index (χ1v) is 6.65. The number of hydrogen-bond acceptors (Lipinski definition) is 3. The maximum Gasteiger partial charge on any atom is 0.115 e. The largest absolute Gasteiger partial charge is 0.508 e. The molecule has 0 aliphatic rings. The van der Waals surface area contributed by atoms with Crippen molar-refractivity contribution in [3.05, 3.63) is 47.3 Å². The molecule has 0 fully saturated rings. The van der Waals surface area contributed by atoms with Crippen molar-refractivity contribution in [1.82, 2.24) is 15.1 Å². The van der Waals surface area contributed by atoms with E-state index in [0.29, 0.717) is 5.75 Å². The topological polar surface area (TPSA) is 50.1 Å². The number of nitrogens with one attached hydrogen (secondary N) is 1. The van der Waals surface area contributed by atoms with Gasteiger partial charge in [0.25, 0.3) is 0 Å². The molecule has 2 rings (SSSR count). The van der Waals surface area contributed by atoms with Crippen LogP contribution in [-0.2, 0) is 13.1 Å². The van der Waals surface area contributed by atoms with Gasteiger partial charge in [0.05, 0.1) is 5.69 Å². The minimum absolute atomic E-state index is 0.258. The van der Waals surface area contributed by atoms with Gasteiger partial charge in [-0.05, 0) is 38.5 Å². The maximum atomic E-state index is 9.25. The summed E-state index contributed by atoms with van der Waals surface area (Å²) in [5.41, 5.74) is 3.47. The first kappa shape index (κ1) is 13.6. The van der Waals surface area contributed by atoms with Crippen molar-refractivity contribution in [3.63, 3.8) is 0 Å². The van der Waals surface area contributed by atoms with Gasteiger partial charge in [0, 0.05) is 30.9 Å². The number of nitrogens with zero attached hydrogens (tertiary/aromatic N) is 2. The molecular formula is C15H21N3O. The number of aryl methyl sites for hydroxylation is 2. The Morgan fingerprint density at radius 2 is 2.00 bits per heavy atom. The van der Waals surface area contributed by atoms with Crippen LogP contribution in [0, 0.1) is 6.92 Å². The standard InChI is InChI=1S/C15H21N3O/c1-4-18-10-15(12(3)17-18)11(2)16-9-13-5-7-14(19)8-6-13/h5-8,10-11,16,19H,4,9H2,1-3H3. The molecule has 0 spiro atoms. The van der Waals surface area contributed by atoms with Crippen LogP contribution in [0.4, 0.5) is 0 Å². The fourth-order valence-corrected chi connectivity index (χ4v) is 2.12. The van der Waals surface area contributed by atoms with Crippen LogP contribution in [0.2, 0.25) is 0 Å². The zero-order chi connectivity index (χ0) is 13.8. The summed E-state index contributed by atoms with van der Waals surface area (Å²) < 4.78 is 1.96. The molecule has 0 bridgehead atoms. The Kier molecular flexibility index (Phi) is 4.22. The molecule has 102 valence electrons. The van der Waals surface area contributed by atoms with Gasteiger partial charge >= 0.3 is 0 Å². The molecule has 1 aromatic heterocycles. The summed E-state index contributed by atoms with van der Waals surface area (Å²) in [7, 11) is 0. The van der Waals surface area contributed by atoms with Crippen LogP contribution in [0.1, 0.15) is 36.7 Å². The average Bonchev–Trinajstić information content (AvgIpc) is 2.79. The average molecular weight is 259 g/mol. The van der Waals surface area contributed by atoms with Gasteiger partial charge in [0.2, 0.25) is 0 Å². The van der Waals surface area contributed by atoms with E-state index < -0.39 is 0 Å². The van der Waals surface area contributed by atoms with Crippen molar-refractivity contribution >= 4 is 0 Å². The number of rotatable bonds is 5. The summed E-state index contributed by atoms with van der Waals surface area (Å²) in [4.78, 5) is 0. The van der Waals surface area contributed by atoms with E-state index >= 15 is 0 Å². The second kappa shape index (κ2) is 5.89. The number of aromatic nitrogens is 2. The number of hydrogen-bond donors (Lipinski definition) is 2. The highest BCUT2D eigenvalue weighted by molar-refractivity contribution is 5.26. The normalized spacial score (nSPS) is 12.6. The van der Waals surface area contributed by atoms with Crippen LogP contribution >= 0.6 is 0 Å². The van der Waals surface area contributed by atoms with E-state index in [9.17, 15) is 5.11 Å². The van der Waals surface area contributed by atoms with Gasteiger partial charge in [-0.25, -0.2) is 0 Å². The predicted octanol–water partition coefficient (Wildman–Crippen LogP) is 2.77. The van der Waals surface area contributed by atoms with Crippen molar-refractivity contribution in [3.8, 4) is 5.75 Å². The zero-order valence-electron chi connectivity index (χ0n) is 11.7. The van der Waals surface area contributed by atoms with E-state index in [-0.39, 0.29) is 6.04 Å². The van der Waals surface area contributed by atoms with Crippen molar-refractivity contribution in [2.75, 3.05) is 0 Å². The Balaban J connectivity index is 1.98. The van der Waals surface area contributed by atoms with E-state index in [1.807, 2.05) is 23.7 Å². The minimum atomic E-state index is 0.258. The lowest BCUT2D eigenvalue weighted by Gasteiger charge is -2.13. The number of benzene rings is 1. The van der Waals surface area contributed by atoms with Gasteiger partial charge in [0.1, 0.15) is 5.75 Å². The van der Waals surface area contributed by atoms with Crippen LogP contribution in [0.25, 0.3) is 0 Å². The van der Waals surface area contributed by atoms with Gasteiger partial charge in [-0.15, -0.1) is 0 Å². The van der Waals surface area contributed by atoms with Gasteiger partial charge in [-0.3, -0.25) is 4.68 Å². The van der Waals surface area contributed by atoms with Gasteiger partial charge in [-0.2, -0.15) is 5.10 Å². The monoisotopic (exact) mass is 259 g/mol. The van der Waals surface area contributed by atoms with Gasteiger partial charge in [0.15, 0.2) is 0 Å². The SMILES string of the molecule is CCn1cc(C(C)NCc2ccc(O)cc2)c(C)n1. The molecule has 2 aromatic rings. The molecule has 0 saturated carbocycles. The molecule has 1 aromatic carbocycles. The number of aromatic hydroxyl groups is 1. The van der Waals surface area contributed by atoms with Gasteiger partial charge < -0.3 is 10.4 Å². The molecule has 0 radical (unpaired) electrons. The lowest BCUT2D eigenvalue weighted by molar-refractivity contribution is 0.474. The molecule has 0 saturated heterocycles. The first-order valence-electron chi connectivity index (χ1n) is 6.65. The van der Waals surface area contributed by atoms with Crippen LogP contribution in [-0.4, -0.2) is 14.9 Å². The quantitative estimate of drug-likeness (QED) is 0.868. The van der Waals surface area contributed by atoms with Crippen molar-refractivity contribution in [2.45, 2.75) is 39.9 Å². The molecule has 1 unspecified atom stereocenters. The lowest BCUT2D eigenvalue weighted by atomic mass is 10.1. The van der Waals surface area contributed by atoms with E-state index in [0.717, 1.165) is 24.3 Å². The molecule has 4 heteroatoms. The Morgan fingerprint density at radius 1 is 1.32 bits per heavy atom. The lowest BCUT2D eigenvalue weighted by Crippen LogP contribution is -2.18. The molecule has 4 nitrogen and oxygen atoms in total. The summed E-state index contributed by atoms with van der Waals surface area (Å²) in [5.74, 6) is 0.303. The molecule has 2 N–H and O–H groups in total. The van der Waals surface area contributed by atoms with Gasteiger partial charge in [-0.1, -0.05) is 12.1 Å². The molecule has 0 aliphatic heterocycles. The highest BCUT2D eigenvalue weighted by Crippen LogP contribution is 2.17. The highest BCUT2D eigenvalue weighted by atomic mass is 16.3. The summed E-state index contributed by atoms with van der Waals surface area (Å²) in [5, 5.41) is 17.2. The predicted molar refractivity (Wildman–Crippen MR) is 76.0 cm³/mol. The van der Waals surface area contributed by atoms with E-state index in [2.05, 4.69) is 30.5 Å². The Morgan fingerprint density at radius 3 is 2.58 bits per heavy atom. The smallest absolute Gasteiger partial charge is 0.115 e. The maximum absolute atomic E-state index is 9.25. The van der Waals surface area contributed by atoms with Crippen LogP contribution in [0.3, 0.4) is 0 Å². The molecule has 19 heavy (non-hydrogen) atoms. The first-order chi connectivity index (χ1) is 9.10. The van der Waals surface area contributed by atoms with Crippen LogP contribution in [0.15, 0.2) is 30.5 Å². The Bertz CT molecular complexity index is 531. The number of phenols is 1. The number of phenolic OH excluding ortho intramolecular Hbond substituents is 1. The van der Waals surface area contributed by atoms with Crippen molar-refractivity contribution in [1.29, 1.82) is 0 Å². The van der Waals surface area contributed by atoms with Crippen molar-refractivity contribution in [2.24, 2.45) is 0 Å². The zero-order valence-corrected chi connectivity index (χ0v) is 11.7. The second-order valence-electron chi connectivity index (χ2n) is 4.79. The highest BCUT2D eigenvalue weighted by Gasteiger charge is 2.11. The fourth-order valence-electron chi connectivity index (χ4n) is 2.12. The summed E-state index contributed by atoms with van der Waals surface area (Å²) in [6.45, 7) is 7.94. The summed E-state index contributed by atoms with van der Waals surface area (Å²) >= 11 is 0. The van der Waals surface area contributed by atoms with E-state index in [1.54, 1.807) is 12.1 Å². The molecule has 1 heterocycles. The Hall–Kier alpha value is -1.81. The second-order valence-corrected chi connectivity index (χ2v) is 4.79. The van der Waals surface area contributed by atoms with E-state index in [1.165, 1.54) is 5.56 Å². The summed E-state index contributed by atoms with van der Waals surface area (Å²) in [6, 6.07) is 7.54. The molecule has 0 aliphatic carbocycles. The molecular weight excluding hydrogens is 238 g/mol. The molecule has 0 amide bonds. The molecule has 1 atom stereocenters. The Labute approximate surface area is 114 Å². The van der Waals surface area contributed by atoms with Crippen LogP contribution < -0.4 is 5.32 Å². The third kappa shape index (κ3) is 3.35. The third-order valence-corrected chi connectivity index (χ3v) is 3.32. The van der Waals surface area contributed by atoms with Crippen molar-refractivity contribution < 1.29 is 5.11 Å². The fraction of sp³-hybridized carbons (Fsp3) is 0.400. The third-order valence-electron chi connectivity index (χ3n) is 3.32.